The normalized spacial score (nSPS) is 11.9. The highest BCUT2D eigenvalue weighted by molar-refractivity contribution is 5.76. The van der Waals surface area contributed by atoms with Crippen LogP contribution in [0.15, 0.2) is 73.1 Å². The lowest BCUT2D eigenvalue weighted by atomic mass is 10.1. The largest absolute Gasteiger partial charge is 0.330 e. The van der Waals surface area contributed by atoms with E-state index in [-0.39, 0.29) is 24.3 Å². The fraction of sp³-hybridized carbons (Fsp3) is 0.200. The van der Waals surface area contributed by atoms with Gasteiger partial charge >= 0.3 is 0 Å². The minimum Gasteiger partial charge on any atom is -0.330 e. The summed E-state index contributed by atoms with van der Waals surface area (Å²) in [5.74, 6) is -0.321. The van der Waals surface area contributed by atoms with Gasteiger partial charge in [-0.15, -0.1) is 0 Å². The van der Waals surface area contributed by atoms with Gasteiger partial charge in [0.25, 0.3) is 0 Å². The van der Waals surface area contributed by atoms with Crippen LogP contribution in [0.4, 0.5) is 4.39 Å². The van der Waals surface area contributed by atoms with Crippen LogP contribution in [0.5, 0.6) is 0 Å². The minimum absolute atomic E-state index is 0.0376. The standard InChI is InChI=1S/C20H20FN3O/c1-16(18-6-3-2-4-7-18)24(14-17-8-10-19(21)11-9-17)20(25)15-23-13-5-12-22-23/h2-13,16H,14-15H2,1H3/t16-/m0/s1. The van der Waals surface area contributed by atoms with Gasteiger partial charge in [-0.05, 0) is 36.2 Å². The number of carbonyl (C=O) groups is 1. The molecule has 3 aromatic rings. The average molecular weight is 337 g/mol. The lowest BCUT2D eigenvalue weighted by Gasteiger charge is -2.30. The molecule has 0 saturated carbocycles. The second-order valence-electron chi connectivity index (χ2n) is 5.94. The number of halogens is 1. The molecule has 0 unspecified atom stereocenters. The zero-order valence-electron chi connectivity index (χ0n) is 14.0. The Balaban J connectivity index is 1.84. The molecular formula is C20H20FN3O. The predicted molar refractivity (Wildman–Crippen MR) is 94.0 cm³/mol. The smallest absolute Gasteiger partial charge is 0.245 e. The number of nitrogens with zero attached hydrogens (tertiary/aromatic N) is 3. The minimum atomic E-state index is -0.283. The van der Waals surface area contributed by atoms with Gasteiger partial charge in [0, 0.05) is 18.9 Å². The molecular weight excluding hydrogens is 317 g/mol. The van der Waals surface area contributed by atoms with Crippen molar-refractivity contribution in [2.45, 2.75) is 26.1 Å². The first-order chi connectivity index (χ1) is 12.1. The number of carbonyl (C=O) groups excluding carboxylic acids is 1. The van der Waals surface area contributed by atoms with Crippen molar-refractivity contribution in [3.05, 3.63) is 90.0 Å². The number of amides is 1. The number of hydrogen-bond donors (Lipinski definition) is 0. The van der Waals surface area contributed by atoms with Gasteiger partial charge < -0.3 is 4.90 Å². The van der Waals surface area contributed by atoms with E-state index in [1.165, 1.54) is 12.1 Å². The van der Waals surface area contributed by atoms with Crippen LogP contribution < -0.4 is 0 Å². The van der Waals surface area contributed by atoms with Crippen molar-refractivity contribution in [3.63, 3.8) is 0 Å². The van der Waals surface area contributed by atoms with E-state index < -0.39 is 0 Å². The van der Waals surface area contributed by atoms with Crippen LogP contribution in [-0.2, 0) is 17.9 Å². The SMILES string of the molecule is C[C@@H](c1ccccc1)N(Cc1ccc(F)cc1)C(=O)Cn1cccn1. The molecule has 0 aliphatic heterocycles. The lowest BCUT2D eigenvalue weighted by molar-refractivity contribution is -0.135. The van der Waals surface area contributed by atoms with Crippen molar-refractivity contribution in [1.82, 2.24) is 14.7 Å². The van der Waals surface area contributed by atoms with Gasteiger partial charge in [0.05, 0.1) is 6.04 Å². The molecule has 3 rings (SSSR count). The molecule has 2 aromatic carbocycles. The highest BCUT2D eigenvalue weighted by Gasteiger charge is 2.22. The number of benzene rings is 2. The summed E-state index contributed by atoms with van der Waals surface area (Å²) in [7, 11) is 0. The van der Waals surface area contributed by atoms with Gasteiger partial charge in [-0.2, -0.15) is 5.10 Å². The number of aromatic nitrogens is 2. The maximum Gasteiger partial charge on any atom is 0.245 e. The molecule has 1 atom stereocenters. The maximum atomic E-state index is 13.2. The first-order valence-corrected chi connectivity index (χ1v) is 8.20. The highest BCUT2D eigenvalue weighted by atomic mass is 19.1. The number of rotatable bonds is 6. The topological polar surface area (TPSA) is 38.1 Å². The van der Waals surface area contributed by atoms with Gasteiger partial charge in [0.2, 0.25) is 5.91 Å². The first-order valence-electron chi connectivity index (χ1n) is 8.20. The molecule has 0 bridgehead atoms. The summed E-state index contributed by atoms with van der Waals surface area (Å²) >= 11 is 0. The van der Waals surface area contributed by atoms with E-state index in [1.807, 2.05) is 37.3 Å². The van der Waals surface area contributed by atoms with Gasteiger partial charge in [-0.25, -0.2) is 4.39 Å². The first kappa shape index (κ1) is 16.9. The average Bonchev–Trinajstić information content (AvgIpc) is 3.14. The molecule has 0 N–H and O–H groups in total. The molecule has 0 saturated heterocycles. The van der Waals surface area contributed by atoms with Crippen LogP contribution in [0, 0.1) is 5.82 Å². The summed E-state index contributed by atoms with van der Waals surface area (Å²) in [5.41, 5.74) is 1.94. The Morgan fingerprint density at radius 3 is 2.48 bits per heavy atom. The summed E-state index contributed by atoms with van der Waals surface area (Å²) in [6.45, 7) is 2.58. The summed E-state index contributed by atoms with van der Waals surface area (Å²) < 4.78 is 14.8. The van der Waals surface area contributed by atoms with E-state index in [0.717, 1.165) is 11.1 Å². The predicted octanol–water partition coefficient (Wildman–Crippen LogP) is 3.81. The third-order valence-corrected chi connectivity index (χ3v) is 4.19. The van der Waals surface area contributed by atoms with E-state index in [9.17, 15) is 9.18 Å². The Morgan fingerprint density at radius 2 is 1.84 bits per heavy atom. The Morgan fingerprint density at radius 1 is 1.12 bits per heavy atom. The van der Waals surface area contributed by atoms with E-state index in [1.54, 1.807) is 40.2 Å². The molecule has 0 fully saturated rings. The fourth-order valence-corrected chi connectivity index (χ4v) is 2.76. The van der Waals surface area contributed by atoms with Crippen LogP contribution >= 0.6 is 0 Å². The molecule has 1 amide bonds. The zero-order valence-corrected chi connectivity index (χ0v) is 14.0. The van der Waals surface area contributed by atoms with Crippen LogP contribution in [0.2, 0.25) is 0 Å². The monoisotopic (exact) mass is 337 g/mol. The third-order valence-electron chi connectivity index (χ3n) is 4.19. The van der Waals surface area contributed by atoms with Crippen LogP contribution in [0.25, 0.3) is 0 Å². The van der Waals surface area contributed by atoms with Crippen molar-refractivity contribution in [2.75, 3.05) is 0 Å². The van der Waals surface area contributed by atoms with Gasteiger partial charge in [-0.3, -0.25) is 9.48 Å². The van der Waals surface area contributed by atoms with Crippen molar-refractivity contribution in [3.8, 4) is 0 Å². The molecule has 1 aromatic heterocycles. The molecule has 1 heterocycles. The molecule has 4 nitrogen and oxygen atoms in total. The maximum absolute atomic E-state index is 13.2. The summed E-state index contributed by atoms with van der Waals surface area (Å²) in [6.07, 6.45) is 3.42. The lowest BCUT2D eigenvalue weighted by Crippen LogP contribution is -2.35. The Hall–Kier alpha value is -2.95. The Bertz CT molecular complexity index is 801. The van der Waals surface area contributed by atoms with Crippen LogP contribution in [-0.4, -0.2) is 20.6 Å². The van der Waals surface area contributed by atoms with E-state index in [2.05, 4.69) is 5.10 Å². The summed E-state index contributed by atoms with van der Waals surface area (Å²) in [6, 6.07) is 17.8. The summed E-state index contributed by atoms with van der Waals surface area (Å²) in [4.78, 5) is 14.7. The molecule has 0 spiro atoms. The van der Waals surface area contributed by atoms with E-state index in [4.69, 9.17) is 0 Å². The molecule has 0 radical (unpaired) electrons. The fourth-order valence-electron chi connectivity index (χ4n) is 2.76. The summed E-state index contributed by atoms with van der Waals surface area (Å²) in [5, 5.41) is 4.11. The third kappa shape index (κ3) is 4.32. The zero-order chi connectivity index (χ0) is 17.6. The second kappa shape index (κ2) is 7.75. The molecule has 128 valence electrons. The highest BCUT2D eigenvalue weighted by Crippen LogP contribution is 2.23. The quantitative estimate of drug-likeness (QED) is 0.686. The molecule has 0 aliphatic carbocycles. The van der Waals surface area contributed by atoms with Crippen LogP contribution in [0.3, 0.4) is 0 Å². The van der Waals surface area contributed by atoms with Crippen molar-refractivity contribution >= 4 is 5.91 Å². The second-order valence-corrected chi connectivity index (χ2v) is 5.94. The van der Waals surface area contributed by atoms with Crippen molar-refractivity contribution in [1.29, 1.82) is 0 Å². The van der Waals surface area contributed by atoms with E-state index in [0.29, 0.717) is 6.54 Å². The van der Waals surface area contributed by atoms with E-state index >= 15 is 0 Å². The van der Waals surface area contributed by atoms with Crippen molar-refractivity contribution < 1.29 is 9.18 Å². The van der Waals surface area contributed by atoms with Gasteiger partial charge in [-0.1, -0.05) is 42.5 Å². The number of hydrogen-bond acceptors (Lipinski definition) is 2. The van der Waals surface area contributed by atoms with Gasteiger partial charge in [0.15, 0.2) is 0 Å². The molecule has 0 aliphatic rings. The van der Waals surface area contributed by atoms with Crippen LogP contribution in [0.1, 0.15) is 24.1 Å². The van der Waals surface area contributed by atoms with Gasteiger partial charge in [0.1, 0.15) is 12.4 Å². The molecule has 25 heavy (non-hydrogen) atoms. The Labute approximate surface area is 146 Å². The Kier molecular flexibility index (Phi) is 5.23. The molecule has 5 heteroatoms. The van der Waals surface area contributed by atoms with Crippen molar-refractivity contribution in [2.24, 2.45) is 0 Å².